The number of hydrogen-bond acceptors (Lipinski definition) is 3. The number of para-hydroxylation sites is 1. The van der Waals surface area contributed by atoms with Gasteiger partial charge in [-0.3, -0.25) is 4.79 Å². The summed E-state index contributed by atoms with van der Waals surface area (Å²) in [6.45, 7) is 3.78. The van der Waals surface area contributed by atoms with Crippen molar-refractivity contribution < 1.29 is 14.3 Å². The number of carbonyl (C=O) groups excluding carboxylic acids is 1. The molecular formula is C13H18O3. The number of ketones is 1. The maximum absolute atomic E-state index is 12.0. The lowest BCUT2D eigenvalue weighted by Crippen LogP contribution is -2.26. The fourth-order valence-electron chi connectivity index (χ4n) is 1.43. The van der Waals surface area contributed by atoms with Crippen molar-refractivity contribution in [2.75, 3.05) is 14.2 Å². The Bertz CT molecular complexity index is 369. The average molecular weight is 222 g/mol. The van der Waals surface area contributed by atoms with Gasteiger partial charge in [-0.15, -0.1) is 0 Å². The SMILES string of the molecule is COc1ccccc1C(=O)CC(C)(C)OC. The van der Waals surface area contributed by atoms with Crippen LogP contribution in [0.5, 0.6) is 5.75 Å². The van der Waals surface area contributed by atoms with E-state index in [2.05, 4.69) is 0 Å². The predicted molar refractivity (Wildman–Crippen MR) is 63.0 cm³/mol. The number of hydrogen-bond donors (Lipinski definition) is 0. The van der Waals surface area contributed by atoms with Crippen molar-refractivity contribution in [1.82, 2.24) is 0 Å². The molecule has 3 nitrogen and oxygen atoms in total. The van der Waals surface area contributed by atoms with E-state index < -0.39 is 5.60 Å². The van der Waals surface area contributed by atoms with E-state index in [4.69, 9.17) is 9.47 Å². The fourth-order valence-corrected chi connectivity index (χ4v) is 1.43. The highest BCUT2D eigenvalue weighted by molar-refractivity contribution is 5.99. The van der Waals surface area contributed by atoms with E-state index in [1.54, 1.807) is 26.4 Å². The summed E-state index contributed by atoms with van der Waals surface area (Å²) in [6.07, 6.45) is 0.337. The summed E-state index contributed by atoms with van der Waals surface area (Å²) in [5.41, 5.74) is 0.160. The van der Waals surface area contributed by atoms with Gasteiger partial charge in [0, 0.05) is 13.5 Å². The lowest BCUT2D eigenvalue weighted by molar-refractivity contribution is 0.0171. The van der Waals surface area contributed by atoms with Crippen molar-refractivity contribution in [3.8, 4) is 5.75 Å². The maximum Gasteiger partial charge on any atom is 0.169 e. The van der Waals surface area contributed by atoms with Crippen LogP contribution < -0.4 is 4.74 Å². The Morgan fingerprint density at radius 3 is 2.44 bits per heavy atom. The molecule has 88 valence electrons. The molecule has 0 unspecified atom stereocenters. The Balaban J connectivity index is 2.88. The molecule has 0 amide bonds. The van der Waals surface area contributed by atoms with E-state index in [1.807, 2.05) is 26.0 Å². The molecule has 0 bridgehead atoms. The van der Waals surface area contributed by atoms with Crippen LogP contribution >= 0.6 is 0 Å². The second-order valence-electron chi connectivity index (χ2n) is 4.26. The third kappa shape index (κ3) is 3.07. The van der Waals surface area contributed by atoms with Gasteiger partial charge in [-0.1, -0.05) is 12.1 Å². The zero-order valence-corrected chi connectivity index (χ0v) is 10.2. The normalized spacial score (nSPS) is 11.2. The van der Waals surface area contributed by atoms with E-state index in [0.717, 1.165) is 0 Å². The van der Waals surface area contributed by atoms with Crippen LogP contribution in [0.25, 0.3) is 0 Å². The molecule has 16 heavy (non-hydrogen) atoms. The first-order chi connectivity index (χ1) is 7.50. The van der Waals surface area contributed by atoms with Gasteiger partial charge in [0.25, 0.3) is 0 Å². The van der Waals surface area contributed by atoms with Gasteiger partial charge in [-0.05, 0) is 26.0 Å². The summed E-state index contributed by atoms with van der Waals surface area (Å²) in [4.78, 5) is 12.0. The second-order valence-corrected chi connectivity index (χ2v) is 4.26. The zero-order chi connectivity index (χ0) is 12.2. The van der Waals surface area contributed by atoms with Crippen LogP contribution in [-0.2, 0) is 4.74 Å². The summed E-state index contributed by atoms with van der Waals surface area (Å²) in [7, 11) is 3.17. The first-order valence-corrected chi connectivity index (χ1v) is 5.21. The minimum atomic E-state index is -0.446. The number of Topliss-reactive ketones (excluding diaryl/α,β-unsaturated/α-hetero) is 1. The van der Waals surface area contributed by atoms with Crippen LogP contribution in [0.15, 0.2) is 24.3 Å². The number of carbonyl (C=O) groups is 1. The molecule has 0 aliphatic heterocycles. The van der Waals surface area contributed by atoms with Gasteiger partial charge in [0.05, 0.1) is 18.3 Å². The van der Waals surface area contributed by atoms with Crippen LogP contribution in [0.1, 0.15) is 30.6 Å². The molecule has 0 saturated heterocycles. The molecule has 0 aliphatic rings. The minimum absolute atomic E-state index is 0.0318. The van der Waals surface area contributed by atoms with Crippen molar-refractivity contribution in [3.63, 3.8) is 0 Å². The molecule has 0 N–H and O–H groups in total. The molecule has 1 aromatic carbocycles. The van der Waals surface area contributed by atoms with Crippen molar-refractivity contribution in [2.24, 2.45) is 0 Å². The van der Waals surface area contributed by atoms with E-state index in [0.29, 0.717) is 17.7 Å². The summed E-state index contributed by atoms with van der Waals surface area (Å²) in [6, 6.07) is 7.23. The molecule has 0 saturated carbocycles. The van der Waals surface area contributed by atoms with Crippen LogP contribution in [0.4, 0.5) is 0 Å². The minimum Gasteiger partial charge on any atom is -0.496 e. The van der Waals surface area contributed by atoms with Crippen LogP contribution in [0.3, 0.4) is 0 Å². The maximum atomic E-state index is 12.0. The Morgan fingerprint density at radius 2 is 1.88 bits per heavy atom. The number of methoxy groups -OCH3 is 2. The lowest BCUT2D eigenvalue weighted by atomic mass is 9.97. The smallest absolute Gasteiger partial charge is 0.169 e. The molecule has 0 radical (unpaired) electrons. The van der Waals surface area contributed by atoms with Gasteiger partial charge in [-0.2, -0.15) is 0 Å². The van der Waals surface area contributed by atoms with Gasteiger partial charge < -0.3 is 9.47 Å². The van der Waals surface area contributed by atoms with Gasteiger partial charge in [0.15, 0.2) is 5.78 Å². The molecule has 3 heteroatoms. The third-order valence-corrected chi connectivity index (χ3v) is 2.55. The lowest BCUT2D eigenvalue weighted by Gasteiger charge is -2.22. The first-order valence-electron chi connectivity index (χ1n) is 5.21. The average Bonchev–Trinajstić information content (AvgIpc) is 2.28. The Kier molecular flexibility index (Phi) is 4.07. The molecule has 0 atom stereocenters. The molecule has 0 fully saturated rings. The van der Waals surface area contributed by atoms with Crippen LogP contribution in [-0.4, -0.2) is 25.6 Å². The van der Waals surface area contributed by atoms with Gasteiger partial charge in [0.2, 0.25) is 0 Å². The molecule has 1 aromatic rings. The predicted octanol–water partition coefficient (Wildman–Crippen LogP) is 2.69. The van der Waals surface area contributed by atoms with Crippen molar-refractivity contribution in [2.45, 2.75) is 25.9 Å². The third-order valence-electron chi connectivity index (χ3n) is 2.55. The number of ether oxygens (including phenoxy) is 2. The monoisotopic (exact) mass is 222 g/mol. The molecule has 0 spiro atoms. The van der Waals surface area contributed by atoms with Crippen LogP contribution in [0, 0.1) is 0 Å². The van der Waals surface area contributed by atoms with Gasteiger partial charge in [0.1, 0.15) is 5.75 Å². The molecule has 0 aliphatic carbocycles. The topological polar surface area (TPSA) is 35.5 Å². The molecule has 1 rings (SSSR count). The van der Waals surface area contributed by atoms with Crippen molar-refractivity contribution in [1.29, 1.82) is 0 Å². The summed E-state index contributed by atoms with van der Waals surface area (Å²) < 4.78 is 10.4. The molecule has 0 heterocycles. The van der Waals surface area contributed by atoms with Gasteiger partial charge in [-0.25, -0.2) is 0 Å². The summed E-state index contributed by atoms with van der Waals surface area (Å²) in [5, 5.41) is 0. The Hall–Kier alpha value is -1.35. The Labute approximate surface area is 96.4 Å². The molecule has 0 aromatic heterocycles. The van der Waals surface area contributed by atoms with Gasteiger partial charge >= 0.3 is 0 Å². The van der Waals surface area contributed by atoms with Crippen molar-refractivity contribution in [3.05, 3.63) is 29.8 Å². The molecular weight excluding hydrogens is 204 g/mol. The fraction of sp³-hybridized carbons (Fsp3) is 0.462. The quantitative estimate of drug-likeness (QED) is 0.718. The largest absolute Gasteiger partial charge is 0.496 e. The standard InChI is InChI=1S/C13H18O3/c1-13(2,16-4)9-11(14)10-7-5-6-8-12(10)15-3/h5-8H,9H2,1-4H3. The Morgan fingerprint density at radius 1 is 1.25 bits per heavy atom. The highest BCUT2D eigenvalue weighted by atomic mass is 16.5. The number of benzene rings is 1. The van der Waals surface area contributed by atoms with E-state index in [1.165, 1.54) is 0 Å². The first kappa shape index (κ1) is 12.7. The number of rotatable bonds is 5. The van der Waals surface area contributed by atoms with E-state index >= 15 is 0 Å². The summed E-state index contributed by atoms with van der Waals surface area (Å²) >= 11 is 0. The van der Waals surface area contributed by atoms with E-state index in [-0.39, 0.29) is 5.78 Å². The van der Waals surface area contributed by atoms with Crippen LogP contribution in [0.2, 0.25) is 0 Å². The van der Waals surface area contributed by atoms with E-state index in [9.17, 15) is 4.79 Å². The van der Waals surface area contributed by atoms with Crippen molar-refractivity contribution >= 4 is 5.78 Å². The highest BCUT2D eigenvalue weighted by Gasteiger charge is 2.23. The summed E-state index contributed by atoms with van der Waals surface area (Å²) in [5.74, 6) is 0.642. The zero-order valence-electron chi connectivity index (χ0n) is 10.2. The second kappa shape index (κ2) is 5.12. The highest BCUT2D eigenvalue weighted by Crippen LogP contribution is 2.23.